The zero-order valence-electron chi connectivity index (χ0n) is 20.9. The number of ether oxygens (including phenoxy) is 1. The first-order valence-corrected chi connectivity index (χ1v) is 12.6. The van der Waals surface area contributed by atoms with Crippen LogP contribution in [0.2, 0.25) is 0 Å². The van der Waals surface area contributed by atoms with Crippen LogP contribution in [-0.2, 0) is 23.0 Å². The fourth-order valence-corrected chi connectivity index (χ4v) is 5.83. The van der Waals surface area contributed by atoms with E-state index < -0.39 is 0 Å². The van der Waals surface area contributed by atoms with Gasteiger partial charge in [0.2, 0.25) is 0 Å². The van der Waals surface area contributed by atoms with Gasteiger partial charge in [-0.3, -0.25) is 4.98 Å². The second kappa shape index (κ2) is 9.52. The van der Waals surface area contributed by atoms with Crippen LogP contribution in [-0.4, -0.2) is 44.0 Å². The number of aryl methyl sites for hydroxylation is 2. The lowest BCUT2D eigenvalue weighted by Crippen LogP contribution is -2.27. The van der Waals surface area contributed by atoms with Crippen molar-refractivity contribution in [3.63, 3.8) is 0 Å². The maximum absolute atomic E-state index is 16.2. The zero-order valence-corrected chi connectivity index (χ0v) is 20.9. The van der Waals surface area contributed by atoms with Crippen LogP contribution in [0.25, 0.3) is 33.2 Å². The van der Waals surface area contributed by atoms with Gasteiger partial charge in [-0.2, -0.15) is 0 Å². The first-order valence-electron chi connectivity index (χ1n) is 12.6. The number of carbonyl (C=O) groups excluding carboxylic acids is 1. The number of fused-ring (bicyclic) bond motifs is 3. The molecule has 4 heterocycles. The monoisotopic (exact) mass is 497 g/mol. The van der Waals surface area contributed by atoms with Crippen molar-refractivity contribution in [1.82, 2.24) is 24.5 Å². The topological polar surface area (TPSA) is 74.8 Å². The van der Waals surface area contributed by atoms with E-state index in [1.165, 1.54) is 0 Å². The Balaban J connectivity index is 1.71. The third-order valence-corrected chi connectivity index (χ3v) is 7.52. The molecule has 8 heteroatoms. The van der Waals surface area contributed by atoms with Crippen molar-refractivity contribution < 1.29 is 13.9 Å². The van der Waals surface area contributed by atoms with Crippen LogP contribution in [0.1, 0.15) is 35.7 Å². The van der Waals surface area contributed by atoms with Crippen molar-refractivity contribution in [2.75, 3.05) is 13.2 Å². The van der Waals surface area contributed by atoms with Crippen LogP contribution < -0.4 is 0 Å². The fourth-order valence-electron chi connectivity index (χ4n) is 5.83. The van der Waals surface area contributed by atoms with Gasteiger partial charge in [-0.1, -0.05) is 47.7 Å². The second-order valence-electron chi connectivity index (χ2n) is 9.72. The molecular weight excluding hydrogens is 469 g/mol. The number of hydrogen-bond acceptors (Lipinski definition) is 5. The maximum atomic E-state index is 16.2. The van der Waals surface area contributed by atoms with Crippen LogP contribution in [0.3, 0.4) is 0 Å². The Bertz CT molecular complexity index is 1580. The molecule has 37 heavy (non-hydrogen) atoms. The van der Waals surface area contributed by atoms with Crippen molar-refractivity contribution in [2.24, 2.45) is 13.0 Å². The molecule has 1 aliphatic heterocycles. The Hall–Kier alpha value is -3.91. The number of halogens is 1. The summed E-state index contributed by atoms with van der Waals surface area (Å²) in [5.74, 6) is -0.122. The SMILES string of the molecule is Cc1nnn(C)c1-c1cnc2c3ccc(CC=O)c(F)c3n([C@H](c3ccccc3)C3CCOCC3)c2c1. The van der Waals surface area contributed by atoms with E-state index in [1.807, 2.05) is 38.2 Å². The molecule has 5 aromatic rings. The normalized spacial score (nSPS) is 15.4. The first-order chi connectivity index (χ1) is 18.1. The van der Waals surface area contributed by atoms with Gasteiger partial charge in [-0.25, -0.2) is 9.07 Å². The minimum absolute atomic E-state index is 0.0229. The predicted octanol–water partition coefficient (Wildman–Crippen LogP) is 5.19. The molecule has 1 aliphatic rings. The molecular formula is C29H28FN5O2. The molecule has 0 bridgehead atoms. The van der Waals surface area contributed by atoms with E-state index in [9.17, 15) is 4.79 Å². The first kappa shape index (κ1) is 23.5. The number of nitrogens with zero attached hydrogens (tertiary/aromatic N) is 5. The predicted molar refractivity (Wildman–Crippen MR) is 140 cm³/mol. The molecule has 6 rings (SSSR count). The van der Waals surface area contributed by atoms with Crippen LogP contribution in [0.5, 0.6) is 0 Å². The summed E-state index contributed by atoms with van der Waals surface area (Å²) in [6.07, 6.45) is 4.32. The Morgan fingerprint density at radius 1 is 1.16 bits per heavy atom. The van der Waals surface area contributed by atoms with Crippen molar-refractivity contribution in [2.45, 2.75) is 32.2 Å². The van der Waals surface area contributed by atoms with Gasteiger partial charge < -0.3 is 14.1 Å². The summed E-state index contributed by atoms with van der Waals surface area (Å²) in [5, 5.41) is 9.11. The van der Waals surface area contributed by atoms with Crippen LogP contribution in [0.4, 0.5) is 4.39 Å². The van der Waals surface area contributed by atoms with E-state index in [0.29, 0.717) is 24.3 Å². The van der Waals surface area contributed by atoms with E-state index in [4.69, 9.17) is 9.72 Å². The highest BCUT2D eigenvalue weighted by molar-refractivity contribution is 6.07. The molecule has 188 valence electrons. The highest BCUT2D eigenvalue weighted by Gasteiger charge is 2.31. The molecule has 0 radical (unpaired) electrons. The number of aromatic nitrogens is 5. The Morgan fingerprint density at radius 2 is 1.95 bits per heavy atom. The van der Waals surface area contributed by atoms with Crippen LogP contribution in [0, 0.1) is 18.7 Å². The third kappa shape index (κ3) is 3.92. The zero-order chi connectivity index (χ0) is 25.5. The quantitative estimate of drug-likeness (QED) is 0.302. The van der Waals surface area contributed by atoms with Gasteiger partial charge in [0.25, 0.3) is 0 Å². The number of pyridine rings is 1. The van der Waals surface area contributed by atoms with Gasteiger partial charge in [0.05, 0.1) is 34.0 Å². The Kier molecular flexibility index (Phi) is 6.04. The van der Waals surface area contributed by atoms with Gasteiger partial charge in [0.1, 0.15) is 6.29 Å². The van der Waals surface area contributed by atoms with E-state index >= 15 is 4.39 Å². The molecule has 2 aromatic carbocycles. The molecule has 0 aliphatic carbocycles. The summed E-state index contributed by atoms with van der Waals surface area (Å²) in [4.78, 5) is 16.2. The van der Waals surface area contributed by atoms with Gasteiger partial charge in [-0.05, 0) is 42.9 Å². The summed E-state index contributed by atoms with van der Waals surface area (Å²) in [5.41, 5.74) is 6.10. The average molecular weight is 498 g/mol. The molecule has 0 N–H and O–H groups in total. The Morgan fingerprint density at radius 3 is 2.65 bits per heavy atom. The third-order valence-electron chi connectivity index (χ3n) is 7.52. The highest BCUT2D eigenvalue weighted by Crippen LogP contribution is 2.42. The van der Waals surface area contributed by atoms with Crippen molar-refractivity contribution in [3.8, 4) is 11.3 Å². The highest BCUT2D eigenvalue weighted by atomic mass is 19.1. The molecule has 0 saturated carbocycles. The van der Waals surface area contributed by atoms with Gasteiger partial charge in [0.15, 0.2) is 5.82 Å². The summed E-state index contributed by atoms with van der Waals surface area (Å²) in [7, 11) is 1.86. The number of benzene rings is 2. The van der Waals surface area contributed by atoms with E-state index in [-0.39, 0.29) is 24.2 Å². The van der Waals surface area contributed by atoms with Gasteiger partial charge in [-0.15, -0.1) is 5.10 Å². The lowest BCUT2D eigenvalue weighted by Gasteiger charge is -2.33. The maximum Gasteiger partial charge on any atom is 0.151 e. The lowest BCUT2D eigenvalue weighted by molar-refractivity contribution is -0.107. The summed E-state index contributed by atoms with van der Waals surface area (Å²) >= 11 is 0. The average Bonchev–Trinajstić information content (AvgIpc) is 3.43. The number of rotatable bonds is 6. The second-order valence-corrected chi connectivity index (χ2v) is 9.72. The number of aldehydes is 1. The van der Waals surface area contributed by atoms with E-state index in [2.05, 4.69) is 33.1 Å². The molecule has 0 unspecified atom stereocenters. The fraction of sp³-hybridized carbons (Fsp3) is 0.310. The van der Waals surface area contributed by atoms with Crippen molar-refractivity contribution in [3.05, 3.63) is 77.4 Å². The summed E-state index contributed by atoms with van der Waals surface area (Å²) in [6.45, 7) is 3.27. The number of carbonyl (C=O) groups is 1. The molecule has 7 nitrogen and oxygen atoms in total. The molecule has 0 spiro atoms. The van der Waals surface area contributed by atoms with Crippen molar-refractivity contribution in [1.29, 1.82) is 0 Å². The Labute approximate surface area is 213 Å². The smallest absolute Gasteiger partial charge is 0.151 e. The van der Waals surface area contributed by atoms with Crippen molar-refractivity contribution >= 4 is 28.2 Å². The van der Waals surface area contributed by atoms with E-state index in [1.54, 1.807) is 16.9 Å². The van der Waals surface area contributed by atoms with Gasteiger partial charge >= 0.3 is 0 Å². The standard InChI is InChI=1S/C29H28FN5O2/c1-18-27(34(2)33-32-18)22-16-24-26(31-17-22)23-9-8-19(10-13-36)25(30)29(23)35(24)28(20-6-4-3-5-7-20)21-11-14-37-15-12-21/h3-9,13,16-17,21,28H,10-12,14-15H2,1-2H3/t28-/m1/s1. The minimum Gasteiger partial charge on any atom is -0.381 e. The number of hydrogen-bond donors (Lipinski definition) is 0. The molecule has 1 atom stereocenters. The van der Waals surface area contributed by atoms with Crippen LogP contribution >= 0.6 is 0 Å². The van der Waals surface area contributed by atoms with Gasteiger partial charge in [0, 0.05) is 43.8 Å². The molecule has 0 amide bonds. The van der Waals surface area contributed by atoms with E-state index in [0.717, 1.165) is 58.1 Å². The van der Waals surface area contributed by atoms with Crippen LogP contribution in [0.15, 0.2) is 54.7 Å². The molecule has 1 saturated heterocycles. The largest absolute Gasteiger partial charge is 0.381 e. The minimum atomic E-state index is -0.365. The molecule has 1 fully saturated rings. The summed E-state index contributed by atoms with van der Waals surface area (Å²) in [6, 6.07) is 15.8. The molecule has 3 aromatic heterocycles. The summed E-state index contributed by atoms with van der Waals surface area (Å²) < 4.78 is 25.8. The lowest BCUT2D eigenvalue weighted by atomic mass is 9.86.